The molecule has 2 amide bonds. The molecule has 0 bridgehead atoms. The van der Waals surface area contributed by atoms with E-state index < -0.39 is 9.84 Å². The summed E-state index contributed by atoms with van der Waals surface area (Å²) in [5.41, 5.74) is 1.28. The molecule has 0 aliphatic carbocycles. The summed E-state index contributed by atoms with van der Waals surface area (Å²) in [5.74, 6) is -0.0144. The second-order valence-electron chi connectivity index (χ2n) is 9.55. The highest BCUT2D eigenvalue weighted by Crippen LogP contribution is 2.22. The number of carbonyl (C=O) groups excluding carboxylic acids is 1. The van der Waals surface area contributed by atoms with E-state index in [1.54, 1.807) is 39.9 Å². The van der Waals surface area contributed by atoms with Crippen molar-refractivity contribution in [3.63, 3.8) is 0 Å². The summed E-state index contributed by atoms with van der Waals surface area (Å²) < 4.78 is 34.2. The van der Waals surface area contributed by atoms with Crippen molar-refractivity contribution in [2.24, 2.45) is 5.92 Å². The van der Waals surface area contributed by atoms with Gasteiger partial charge >= 0.3 is 6.03 Å². The molecule has 0 unspecified atom stereocenters. The molecule has 1 N–H and O–H groups in total. The first-order chi connectivity index (χ1) is 16.0. The minimum Gasteiger partial charge on any atom is -0.376 e. The molecule has 1 aromatic carbocycles. The second kappa shape index (κ2) is 11.6. The highest BCUT2D eigenvalue weighted by molar-refractivity contribution is 7.90. The molecule has 34 heavy (non-hydrogen) atoms. The second-order valence-corrected chi connectivity index (χ2v) is 11.9. The molecule has 2 heterocycles. The maximum Gasteiger partial charge on any atom is 0.318 e. The highest BCUT2D eigenvalue weighted by Gasteiger charge is 2.28. The molecule has 1 fully saturated rings. The first-order valence-electron chi connectivity index (χ1n) is 11.7. The van der Waals surface area contributed by atoms with Crippen LogP contribution in [-0.4, -0.2) is 54.2 Å². The number of halogens is 1. The van der Waals surface area contributed by atoms with Crippen molar-refractivity contribution >= 4 is 27.5 Å². The van der Waals surface area contributed by atoms with E-state index in [4.69, 9.17) is 16.3 Å². The number of carbonyl (C=O) groups is 1. The van der Waals surface area contributed by atoms with Gasteiger partial charge < -0.3 is 19.5 Å². The van der Waals surface area contributed by atoms with Crippen LogP contribution in [0.15, 0.2) is 35.6 Å². The topological polar surface area (TPSA) is 93.5 Å². The average molecular weight is 511 g/mol. The van der Waals surface area contributed by atoms with Crippen LogP contribution in [0.2, 0.25) is 5.02 Å². The Kier molecular flexibility index (Phi) is 9.01. The van der Waals surface area contributed by atoms with E-state index in [1.807, 2.05) is 27.7 Å². The van der Waals surface area contributed by atoms with Gasteiger partial charge in [0.25, 0.3) is 0 Å². The normalized spacial score (nSPS) is 16.4. The van der Waals surface area contributed by atoms with Gasteiger partial charge in [-0.1, -0.05) is 37.6 Å². The van der Waals surface area contributed by atoms with E-state index in [1.165, 1.54) is 0 Å². The number of ether oxygens (including phenoxy) is 1. The molecule has 1 atom stereocenters. The lowest BCUT2D eigenvalue weighted by Gasteiger charge is -2.27. The molecule has 1 aromatic heterocycles. The fourth-order valence-electron chi connectivity index (χ4n) is 4.02. The summed E-state index contributed by atoms with van der Waals surface area (Å²) in [6.45, 7) is 9.71. The van der Waals surface area contributed by atoms with Crippen LogP contribution in [0, 0.1) is 5.92 Å². The van der Waals surface area contributed by atoms with E-state index in [2.05, 4.69) is 10.3 Å². The number of urea groups is 1. The third kappa shape index (κ3) is 7.20. The zero-order chi connectivity index (χ0) is 24.9. The number of nitrogens with one attached hydrogen (secondary N) is 1. The van der Waals surface area contributed by atoms with Crippen LogP contribution in [0.25, 0.3) is 0 Å². The number of sulfone groups is 1. The van der Waals surface area contributed by atoms with Gasteiger partial charge in [0.05, 0.1) is 30.3 Å². The Morgan fingerprint density at radius 3 is 2.71 bits per heavy atom. The number of hydrogen-bond acceptors (Lipinski definition) is 5. The first-order valence-corrected chi connectivity index (χ1v) is 13.8. The minimum absolute atomic E-state index is 0.0116. The van der Waals surface area contributed by atoms with E-state index >= 15 is 0 Å². The predicted molar refractivity (Wildman–Crippen MR) is 132 cm³/mol. The molecular weight excluding hydrogens is 476 g/mol. The zero-order valence-electron chi connectivity index (χ0n) is 20.3. The summed E-state index contributed by atoms with van der Waals surface area (Å²) in [7, 11) is -3.73. The highest BCUT2D eigenvalue weighted by atomic mass is 35.5. The van der Waals surface area contributed by atoms with Gasteiger partial charge in [-0.2, -0.15) is 0 Å². The van der Waals surface area contributed by atoms with Gasteiger partial charge in [0.2, 0.25) is 15.0 Å². The van der Waals surface area contributed by atoms with Crippen LogP contribution in [0.1, 0.15) is 51.8 Å². The van der Waals surface area contributed by atoms with Crippen molar-refractivity contribution < 1.29 is 17.9 Å². The van der Waals surface area contributed by atoms with Crippen LogP contribution in [0.3, 0.4) is 0 Å². The van der Waals surface area contributed by atoms with Crippen LogP contribution in [-0.2, 0) is 33.4 Å². The summed E-state index contributed by atoms with van der Waals surface area (Å²) in [5, 5.41) is 3.44. The Morgan fingerprint density at radius 2 is 2.09 bits per heavy atom. The molecule has 3 rings (SSSR count). The Hall–Kier alpha value is -2.10. The minimum atomic E-state index is -3.73. The van der Waals surface area contributed by atoms with Gasteiger partial charge in [-0.25, -0.2) is 18.2 Å². The van der Waals surface area contributed by atoms with Gasteiger partial charge in [-0.05, 0) is 50.3 Å². The smallest absolute Gasteiger partial charge is 0.318 e. The fraction of sp³-hybridized carbons (Fsp3) is 0.583. The third-order valence-electron chi connectivity index (χ3n) is 5.47. The van der Waals surface area contributed by atoms with E-state index in [9.17, 15) is 13.2 Å². The van der Waals surface area contributed by atoms with Gasteiger partial charge in [-0.3, -0.25) is 0 Å². The number of aromatic nitrogens is 2. The molecule has 1 aliphatic rings. The lowest BCUT2D eigenvalue weighted by Crippen LogP contribution is -2.45. The van der Waals surface area contributed by atoms with Crippen molar-refractivity contribution in [1.82, 2.24) is 19.8 Å². The van der Waals surface area contributed by atoms with Crippen LogP contribution >= 0.6 is 11.6 Å². The monoisotopic (exact) mass is 510 g/mol. The maximum atomic E-state index is 13.3. The number of imidazole rings is 1. The number of nitrogens with zero attached hydrogens (tertiary/aromatic N) is 3. The van der Waals surface area contributed by atoms with Crippen molar-refractivity contribution in [2.45, 2.75) is 76.7 Å². The van der Waals surface area contributed by atoms with Crippen LogP contribution < -0.4 is 5.32 Å². The van der Waals surface area contributed by atoms with Crippen molar-refractivity contribution in [1.29, 1.82) is 0 Å². The zero-order valence-corrected chi connectivity index (χ0v) is 21.9. The van der Waals surface area contributed by atoms with Gasteiger partial charge in [0.15, 0.2) is 0 Å². The van der Waals surface area contributed by atoms with Crippen LogP contribution in [0.4, 0.5) is 4.79 Å². The lowest BCUT2D eigenvalue weighted by molar-refractivity contribution is 0.0784. The predicted octanol–water partition coefficient (Wildman–Crippen LogP) is 4.27. The number of amides is 2. The molecule has 1 saturated heterocycles. The Balaban J connectivity index is 1.90. The average Bonchev–Trinajstić information content (AvgIpc) is 3.37. The Bertz CT molecular complexity index is 1080. The van der Waals surface area contributed by atoms with Crippen molar-refractivity contribution in [3.05, 3.63) is 46.7 Å². The maximum absolute atomic E-state index is 13.3. The standard InChI is InChI=1S/C24H35ClN4O4S/c1-17(2)13-29-21(14-28(23(30)27-18(3)4)15-22-9-6-10-33-22)12-26-24(29)34(31,32)16-19-7-5-8-20(25)11-19/h5,7-8,11-12,17-18,22H,6,9-10,13-16H2,1-4H3,(H,27,30)/t22-/m0/s1. The van der Waals surface area contributed by atoms with Crippen molar-refractivity contribution in [3.8, 4) is 0 Å². The summed E-state index contributed by atoms with van der Waals surface area (Å²) in [4.78, 5) is 19.0. The SMILES string of the molecule is CC(C)Cn1c(CN(C[C@@H]2CCCO2)C(=O)NC(C)C)cnc1S(=O)(=O)Cc1cccc(Cl)c1. The molecule has 0 spiro atoms. The molecule has 1 aliphatic heterocycles. The van der Waals surface area contributed by atoms with E-state index in [0.29, 0.717) is 36.0 Å². The number of benzene rings is 1. The van der Waals surface area contributed by atoms with Gasteiger partial charge in [0, 0.05) is 30.8 Å². The number of hydrogen-bond donors (Lipinski definition) is 1. The van der Waals surface area contributed by atoms with Crippen LogP contribution in [0.5, 0.6) is 0 Å². The molecule has 0 saturated carbocycles. The molecule has 8 nitrogen and oxygen atoms in total. The van der Waals surface area contributed by atoms with E-state index in [0.717, 1.165) is 12.8 Å². The van der Waals surface area contributed by atoms with Gasteiger partial charge in [-0.15, -0.1) is 0 Å². The third-order valence-corrected chi connectivity index (χ3v) is 7.30. The summed E-state index contributed by atoms with van der Waals surface area (Å²) in [6.07, 6.45) is 3.42. The van der Waals surface area contributed by atoms with E-state index in [-0.39, 0.29) is 41.5 Å². The molecule has 2 aromatic rings. The molecule has 188 valence electrons. The molecular formula is C24H35ClN4O4S. The summed E-state index contributed by atoms with van der Waals surface area (Å²) >= 11 is 6.05. The lowest BCUT2D eigenvalue weighted by atomic mass is 10.2. The molecule has 10 heteroatoms. The molecule has 0 radical (unpaired) electrons. The van der Waals surface area contributed by atoms with Crippen molar-refractivity contribution in [2.75, 3.05) is 13.2 Å². The quantitative estimate of drug-likeness (QED) is 0.515. The largest absolute Gasteiger partial charge is 0.376 e. The van der Waals surface area contributed by atoms with Gasteiger partial charge in [0.1, 0.15) is 0 Å². The summed E-state index contributed by atoms with van der Waals surface area (Å²) in [6, 6.07) is 6.60. The Labute approximate surface area is 207 Å². The number of rotatable bonds is 10. The fourth-order valence-corrected chi connectivity index (χ4v) is 5.73. The Morgan fingerprint density at radius 1 is 1.32 bits per heavy atom. The first kappa shape index (κ1) is 26.5.